The highest BCUT2D eigenvalue weighted by Gasteiger charge is 2.13. The minimum Gasteiger partial charge on any atom is -0.748 e. The number of hydrogen-bond donors (Lipinski definition) is 1. The van der Waals surface area contributed by atoms with E-state index < -0.39 is 10.1 Å². The molecule has 0 radical (unpaired) electrons. The molecule has 1 N–H and O–H groups in total. The first-order chi connectivity index (χ1) is 20.4. The van der Waals surface area contributed by atoms with Crippen LogP contribution < -0.4 is 9.47 Å². The molecule has 232 valence electrons. The number of fused-ring (bicyclic) bond motifs is 1. The fourth-order valence-electron chi connectivity index (χ4n) is 5.84. The van der Waals surface area contributed by atoms with Gasteiger partial charge in [-0.15, -0.1) is 0 Å². The second-order valence-electron chi connectivity index (χ2n) is 12.1. The maximum atomic E-state index is 10.8. The number of quaternary nitrogens is 1. The molecule has 6 heteroatoms. The standard InChI is InChI=1S/C36H54N2O3S/c1-3-5-7-9-11-13-25-38(26-14-12-10-8-6-4-2)36-21-20-34-30-33(18-19-35(34)31-36)17-16-32-22-27-37(28-23-32)24-15-29-42(39,40)41/h18-23,27-28,30-31H,3-17,24-26,29H2,1-2H3/p+1. The van der Waals surface area contributed by atoms with Crippen molar-refractivity contribution in [3.05, 3.63) is 72.1 Å². The average Bonchev–Trinajstić information content (AvgIpc) is 2.98. The normalized spacial score (nSPS) is 12.0. The predicted molar refractivity (Wildman–Crippen MR) is 174 cm³/mol. The Bertz CT molecular complexity index is 1260. The summed E-state index contributed by atoms with van der Waals surface area (Å²) < 4.78 is 34.4. The van der Waals surface area contributed by atoms with Crippen molar-refractivity contribution < 1.29 is 22.4 Å². The van der Waals surface area contributed by atoms with E-state index in [0.717, 1.165) is 12.8 Å². The van der Waals surface area contributed by atoms with Gasteiger partial charge in [0, 0.05) is 30.4 Å². The van der Waals surface area contributed by atoms with Crippen LogP contribution in [0.3, 0.4) is 0 Å². The Morgan fingerprint density at radius 2 is 1.19 bits per heavy atom. The topological polar surface area (TPSA) is 65.5 Å². The van der Waals surface area contributed by atoms with Gasteiger partial charge in [-0.05, 0) is 72.6 Å². The van der Waals surface area contributed by atoms with Crippen molar-refractivity contribution in [1.82, 2.24) is 0 Å². The van der Waals surface area contributed by atoms with E-state index in [2.05, 4.69) is 62.4 Å². The third-order valence-electron chi connectivity index (χ3n) is 8.45. The van der Waals surface area contributed by atoms with Gasteiger partial charge in [-0.3, -0.25) is 0 Å². The second kappa shape index (κ2) is 19.1. The minimum atomic E-state index is -4.14. The van der Waals surface area contributed by atoms with Crippen LogP contribution in [-0.2, 0) is 29.5 Å². The lowest BCUT2D eigenvalue weighted by atomic mass is 10.0. The van der Waals surface area contributed by atoms with Crippen molar-refractivity contribution in [1.29, 1.82) is 0 Å². The number of aryl methyl sites for hydroxylation is 3. The molecule has 0 spiro atoms. The molecule has 0 fully saturated rings. The maximum Gasteiger partial charge on any atom is 0.169 e. The highest BCUT2D eigenvalue weighted by molar-refractivity contribution is 7.85. The Morgan fingerprint density at radius 1 is 0.643 bits per heavy atom. The van der Waals surface area contributed by atoms with Crippen molar-refractivity contribution in [2.24, 2.45) is 0 Å². The summed E-state index contributed by atoms with van der Waals surface area (Å²) in [5, 5.41) is 2.65. The number of rotatable bonds is 22. The molecule has 0 unspecified atom stereocenters. The van der Waals surface area contributed by atoms with Crippen molar-refractivity contribution >= 4 is 26.6 Å². The van der Waals surface area contributed by atoms with Crippen molar-refractivity contribution in [3.8, 4) is 0 Å². The maximum absolute atomic E-state index is 10.8. The summed E-state index contributed by atoms with van der Waals surface area (Å²) in [5.41, 5.74) is 4.04. The Morgan fingerprint density at radius 3 is 1.81 bits per heavy atom. The summed E-state index contributed by atoms with van der Waals surface area (Å²) in [6.07, 6.45) is 22.4. The Balaban J connectivity index is 1.56. The quantitative estimate of drug-likeness (QED) is 0.0767. The fourth-order valence-corrected chi connectivity index (χ4v) is 6.32. The highest BCUT2D eigenvalue weighted by Crippen LogP contribution is 2.20. The second-order valence-corrected chi connectivity index (χ2v) is 13.6. The number of nitrogens with zero attached hydrogens (tertiary/aromatic N) is 1. The van der Waals surface area contributed by atoms with E-state index in [-0.39, 0.29) is 5.75 Å². The SMILES string of the molecule is CCCCCCCC[NH+](CCCCCCCC)c1ccc2cc(CCc3cc[n+](CCCS(=O)(=O)[O-])cc3)ccc2c1. The Labute approximate surface area is 256 Å². The first-order valence-corrected chi connectivity index (χ1v) is 18.2. The molecule has 0 bridgehead atoms. The molecule has 5 nitrogen and oxygen atoms in total. The van der Waals surface area contributed by atoms with Gasteiger partial charge in [-0.25, -0.2) is 13.0 Å². The summed E-state index contributed by atoms with van der Waals surface area (Å²) in [5.74, 6) is -0.317. The molecule has 1 aromatic heterocycles. The number of aromatic nitrogens is 1. The van der Waals surface area contributed by atoms with Crippen molar-refractivity contribution in [2.45, 2.75) is 117 Å². The molecule has 0 saturated heterocycles. The largest absolute Gasteiger partial charge is 0.748 e. The van der Waals surface area contributed by atoms with Crippen LogP contribution in [0.5, 0.6) is 0 Å². The molecule has 1 heterocycles. The number of nitrogens with one attached hydrogen (secondary N) is 1. The van der Waals surface area contributed by atoms with E-state index in [0.29, 0.717) is 13.0 Å². The number of unbranched alkanes of at least 4 members (excludes halogenated alkanes) is 10. The Hall–Kier alpha value is -2.28. The van der Waals surface area contributed by atoms with Crippen LogP contribution in [0.2, 0.25) is 0 Å². The molecule has 0 amide bonds. The number of pyridine rings is 1. The van der Waals surface area contributed by atoms with Crippen LogP contribution in [-0.4, -0.2) is 31.8 Å². The van der Waals surface area contributed by atoms with E-state index >= 15 is 0 Å². The van der Waals surface area contributed by atoms with Crippen LogP contribution in [0.4, 0.5) is 5.69 Å². The lowest BCUT2D eigenvalue weighted by molar-refractivity contribution is -0.833. The molecule has 0 saturated carbocycles. The lowest BCUT2D eigenvalue weighted by Gasteiger charge is -2.20. The smallest absolute Gasteiger partial charge is 0.169 e. The lowest BCUT2D eigenvalue weighted by Crippen LogP contribution is -3.07. The third-order valence-corrected chi connectivity index (χ3v) is 9.24. The zero-order valence-electron chi connectivity index (χ0n) is 26.3. The average molecular weight is 596 g/mol. The van der Waals surface area contributed by atoms with E-state index in [1.54, 1.807) is 4.90 Å². The van der Waals surface area contributed by atoms with Crippen LogP contribution in [0.1, 0.15) is 108 Å². The zero-order chi connectivity index (χ0) is 30.0. The molecule has 42 heavy (non-hydrogen) atoms. The Kier molecular flexibility index (Phi) is 15.6. The molecule has 0 aliphatic heterocycles. The van der Waals surface area contributed by atoms with Gasteiger partial charge in [0.15, 0.2) is 12.4 Å². The molecule has 2 aromatic carbocycles. The molecular weight excluding hydrogens is 540 g/mol. The first kappa shape index (κ1) is 34.2. The van der Waals surface area contributed by atoms with Crippen LogP contribution >= 0.6 is 0 Å². The highest BCUT2D eigenvalue weighted by atomic mass is 32.2. The molecular formula is C36H55N2O3S+. The number of benzene rings is 2. The summed E-state index contributed by atoms with van der Waals surface area (Å²) >= 11 is 0. The van der Waals surface area contributed by atoms with Gasteiger partial charge >= 0.3 is 0 Å². The summed E-state index contributed by atoms with van der Waals surface area (Å²) in [4.78, 5) is 1.66. The van der Waals surface area contributed by atoms with E-state index in [1.165, 1.54) is 118 Å². The minimum absolute atomic E-state index is 0.317. The van der Waals surface area contributed by atoms with Gasteiger partial charge < -0.3 is 9.45 Å². The predicted octanol–water partition coefficient (Wildman–Crippen LogP) is 7.09. The molecule has 3 aromatic rings. The van der Waals surface area contributed by atoms with Gasteiger partial charge in [0.05, 0.1) is 23.2 Å². The van der Waals surface area contributed by atoms with E-state index in [1.807, 2.05) is 17.0 Å². The molecule has 3 rings (SSSR count). The third kappa shape index (κ3) is 13.4. The van der Waals surface area contributed by atoms with Gasteiger partial charge in [-0.1, -0.05) is 83.4 Å². The van der Waals surface area contributed by atoms with Gasteiger partial charge in [0.25, 0.3) is 0 Å². The van der Waals surface area contributed by atoms with Gasteiger partial charge in [-0.2, -0.15) is 0 Å². The van der Waals surface area contributed by atoms with Crippen LogP contribution in [0.25, 0.3) is 10.8 Å². The summed E-state index contributed by atoms with van der Waals surface area (Å²) in [6.45, 7) is 7.58. The van der Waals surface area contributed by atoms with Crippen LogP contribution in [0, 0.1) is 0 Å². The van der Waals surface area contributed by atoms with E-state index in [4.69, 9.17) is 0 Å². The van der Waals surface area contributed by atoms with Gasteiger partial charge in [0.1, 0.15) is 12.2 Å². The first-order valence-electron chi connectivity index (χ1n) is 16.7. The van der Waals surface area contributed by atoms with E-state index in [9.17, 15) is 13.0 Å². The number of hydrogen-bond acceptors (Lipinski definition) is 3. The zero-order valence-corrected chi connectivity index (χ0v) is 27.1. The summed E-state index contributed by atoms with van der Waals surface area (Å²) in [7, 11) is -4.14. The van der Waals surface area contributed by atoms with Gasteiger partial charge in [0.2, 0.25) is 0 Å². The fraction of sp³-hybridized carbons (Fsp3) is 0.583. The van der Waals surface area contributed by atoms with Crippen LogP contribution in [0.15, 0.2) is 60.9 Å². The molecule has 0 aliphatic rings. The van der Waals surface area contributed by atoms with Crippen molar-refractivity contribution in [3.63, 3.8) is 0 Å². The molecule has 0 atom stereocenters. The van der Waals surface area contributed by atoms with Crippen molar-refractivity contribution in [2.75, 3.05) is 18.8 Å². The summed E-state index contributed by atoms with van der Waals surface area (Å²) in [6, 6.07) is 18.2. The monoisotopic (exact) mass is 595 g/mol. The molecule has 0 aliphatic carbocycles.